The molecule has 19 heavy (non-hydrogen) atoms. The fourth-order valence-corrected chi connectivity index (χ4v) is 1.96. The Hall–Kier alpha value is -0.910. The molecule has 1 saturated heterocycles. The molecule has 110 valence electrons. The summed E-state index contributed by atoms with van der Waals surface area (Å²) in [6.07, 6.45) is 2.11. The average Bonchev–Trinajstić information content (AvgIpc) is 2.10. The van der Waals surface area contributed by atoms with E-state index in [1.54, 1.807) is 11.1 Å². The Morgan fingerprint density at radius 2 is 1.89 bits per heavy atom. The van der Waals surface area contributed by atoms with Crippen molar-refractivity contribution in [3.8, 4) is 0 Å². The lowest BCUT2D eigenvalue weighted by atomic mass is 10.1. The van der Waals surface area contributed by atoms with Gasteiger partial charge in [-0.3, -0.25) is 0 Å². The summed E-state index contributed by atoms with van der Waals surface area (Å²) < 4.78 is 20.8. The Morgan fingerprint density at radius 3 is 2.26 bits per heavy atom. The lowest BCUT2D eigenvalue weighted by Crippen LogP contribution is -2.53. The lowest BCUT2D eigenvalue weighted by Gasteiger charge is -2.39. The standard InChI is InChI=1S/C13H24N2O3S/c1-12(2,3)18-11(16)15-8-7-10(15)9-14-19(17)13(4,5)6/h9-10H,7-8H2,1-6H3/t10-,19?/m0/s1. The van der Waals surface area contributed by atoms with Crippen LogP contribution >= 0.6 is 0 Å². The van der Waals surface area contributed by atoms with Gasteiger partial charge in [0.1, 0.15) is 16.6 Å². The number of carbonyl (C=O) groups is 1. The molecule has 0 radical (unpaired) electrons. The van der Waals surface area contributed by atoms with Gasteiger partial charge in [0.15, 0.2) is 0 Å². The van der Waals surface area contributed by atoms with E-state index in [1.807, 2.05) is 41.5 Å². The van der Waals surface area contributed by atoms with Gasteiger partial charge in [-0.25, -0.2) is 9.00 Å². The van der Waals surface area contributed by atoms with Crippen LogP contribution in [0.25, 0.3) is 0 Å². The van der Waals surface area contributed by atoms with Gasteiger partial charge in [-0.15, -0.1) is 0 Å². The van der Waals surface area contributed by atoms with Gasteiger partial charge in [0.05, 0.1) is 10.8 Å². The van der Waals surface area contributed by atoms with Gasteiger partial charge in [-0.05, 0) is 48.0 Å². The molecule has 1 unspecified atom stereocenters. The monoisotopic (exact) mass is 288 g/mol. The summed E-state index contributed by atoms with van der Waals surface area (Å²) in [5.74, 6) is 0. The first-order valence-corrected chi connectivity index (χ1v) is 7.57. The number of likely N-dealkylation sites (tertiary alicyclic amines) is 1. The van der Waals surface area contributed by atoms with Crippen LogP contribution in [0.3, 0.4) is 0 Å². The zero-order chi connectivity index (χ0) is 14.8. The van der Waals surface area contributed by atoms with E-state index in [2.05, 4.69) is 4.40 Å². The van der Waals surface area contributed by atoms with E-state index in [0.717, 1.165) is 6.42 Å². The molecule has 6 heteroatoms. The first-order valence-electron chi connectivity index (χ1n) is 6.46. The second kappa shape index (κ2) is 5.61. The SMILES string of the molecule is CC(C)(C)OC(=O)N1CC[C@H]1C=NS(=O)C(C)(C)C. The number of nitrogens with zero attached hydrogens (tertiary/aromatic N) is 2. The molecule has 0 aromatic carbocycles. The third-order valence-corrected chi connectivity index (χ3v) is 3.91. The number of amides is 1. The molecule has 1 rings (SSSR count). The minimum Gasteiger partial charge on any atom is -0.444 e. The van der Waals surface area contributed by atoms with Crippen LogP contribution in [0.5, 0.6) is 0 Å². The van der Waals surface area contributed by atoms with Crippen molar-refractivity contribution in [2.24, 2.45) is 4.40 Å². The second-order valence-electron chi connectivity index (χ2n) is 6.65. The number of hydrogen-bond acceptors (Lipinski definition) is 3. The maximum absolute atomic E-state index is 11.9. The number of hydrogen-bond donors (Lipinski definition) is 0. The number of ether oxygens (including phenoxy) is 1. The number of carbonyl (C=O) groups excluding carboxylic acids is 1. The van der Waals surface area contributed by atoms with Crippen LogP contribution in [0.1, 0.15) is 48.0 Å². The van der Waals surface area contributed by atoms with Crippen molar-refractivity contribution in [1.82, 2.24) is 4.90 Å². The first kappa shape index (κ1) is 16.1. The quantitative estimate of drug-likeness (QED) is 0.734. The van der Waals surface area contributed by atoms with Crippen LogP contribution in [-0.4, -0.2) is 44.4 Å². The molecule has 0 aromatic rings. The van der Waals surface area contributed by atoms with E-state index in [-0.39, 0.29) is 16.9 Å². The van der Waals surface area contributed by atoms with E-state index in [9.17, 15) is 9.00 Å². The Kier molecular flexibility index (Phi) is 4.76. The van der Waals surface area contributed by atoms with Crippen molar-refractivity contribution in [3.63, 3.8) is 0 Å². The Bertz CT molecular complexity index is 394. The highest BCUT2D eigenvalue weighted by Gasteiger charge is 2.34. The van der Waals surface area contributed by atoms with Gasteiger partial charge in [0, 0.05) is 12.8 Å². The maximum Gasteiger partial charge on any atom is 0.410 e. The minimum atomic E-state index is -1.28. The highest BCUT2D eigenvalue weighted by molar-refractivity contribution is 7.85. The Morgan fingerprint density at radius 1 is 1.32 bits per heavy atom. The van der Waals surface area contributed by atoms with Crippen LogP contribution in [-0.2, 0) is 15.7 Å². The molecule has 1 fully saturated rings. The molecule has 1 amide bonds. The zero-order valence-corrected chi connectivity index (χ0v) is 13.4. The molecule has 0 bridgehead atoms. The second-order valence-corrected chi connectivity index (χ2v) is 8.58. The minimum absolute atomic E-state index is 0.0962. The molecule has 1 aliphatic rings. The molecule has 0 spiro atoms. The van der Waals surface area contributed by atoms with Gasteiger partial charge < -0.3 is 9.64 Å². The molecule has 5 nitrogen and oxygen atoms in total. The van der Waals surface area contributed by atoms with Crippen molar-refractivity contribution >= 4 is 23.3 Å². The third kappa shape index (κ3) is 4.93. The van der Waals surface area contributed by atoms with Gasteiger partial charge in [-0.2, -0.15) is 4.40 Å². The molecule has 0 aliphatic carbocycles. The van der Waals surface area contributed by atoms with Gasteiger partial charge >= 0.3 is 6.09 Å². The fraction of sp³-hybridized carbons (Fsp3) is 0.846. The summed E-state index contributed by atoms with van der Waals surface area (Å²) in [5.41, 5.74) is -0.497. The van der Waals surface area contributed by atoms with Crippen LogP contribution < -0.4 is 0 Å². The Labute approximate surface area is 118 Å². The fourth-order valence-electron chi connectivity index (χ4n) is 1.39. The third-order valence-electron chi connectivity index (χ3n) is 2.55. The van der Waals surface area contributed by atoms with E-state index in [1.165, 1.54) is 0 Å². The Balaban J connectivity index is 2.56. The highest BCUT2D eigenvalue weighted by Crippen LogP contribution is 2.21. The van der Waals surface area contributed by atoms with E-state index < -0.39 is 16.6 Å². The summed E-state index contributed by atoms with van der Waals surface area (Å²) in [6.45, 7) is 11.8. The summed E-state index contributed by atoms with van der Waals surface area (Å²) in [5, 5.41) is 0. The summed E-state index contributed by atoms with van der Waals surface area (Å²) in [6, 6.07) is -0.0962. The van der Waals surface area contributed by atoms with Gasteiger partial charge in [0.2, 0.25) is 0 Å². The molecular formula is C13H24N2O3S. The van der Waals surface area contributed by atoms with Crippen LogP contribution in [0.2, 0.25) is 0 Å². The highest BCUT2D eigenvalue weighted by atomic mass is 32.2. The maximum atomic E-state index is 11.9. The van der Waals surface area contributed by atoms with Gasteiger partial charge in [0.25, 0.3) is 0 Å². The van der Waals surface area contributed by atoms with Crippen LogP contribution in [0, 0.1) is 0 Å². The van der Waals surface area contributed by atoms with Crippen LogP contribution in [0.15, 0.2) is 4.40 Å². The van der Waals surface area contributed by atoms with Crippen LogP contribution in [0.4, 0.5) is 4.79 Å². The summed E-state index contributed by atoms with van der Waals surface area (Å²) in [4.78, 5) is 13.5. The van der Waals surface area contributed by atoms with E-state index >= 15 is 0 Å². The summed E-state index contributed by atoms with van der Waals surface area (Å²) in [7, 11) is -1.28. The predicted octanol–water partition coefficient (Wildman–Crippen LogP) is 2.53. The average molecular weight is 288 g/mol. The molecule has 0 saturated carbocycles. The molecule has 1 aliphatic heterocycles. The topological polar surface area (TPSA) is 59.0 Å². The molecular weight excluding hydrogens is 264 g/mol. The first-order chi connectivity index (χ1) is 8.50. The van der Waals surface area contributed by atoms with Crippen molar-refractivity contribution in [2.75, 3.05) is 6.54 Å². The molecule has 0 N–H and O–H groups in total. The van der Waals surface area contributed by atoms with E-state index in [4.69, 9.17) is 4.74 Å². The van der Waals surface area contributed by atoms with Crippen molar-refractivity contribution < 1.29 is 13.7 Å². The lowest BCUT2D eigenvalue weighted by molar-refractivity contribution is 0.00619. The number of rotatable bonds is 2. The molecule has 1 heterocycles. The predicted molar refractivity (Wildman–Crippen MR) is 77.7 cm³/mol. The molecule has 0 aromatic heterocycles. The van der Waals surface area contributed by atoms with E-state index in [0.29, 0.717) is 6.54 Å². The summed E-state index contributed by atoms with van der Waals surface area (Å²) >= 11 is 0. The zero-order valence-electron chi connectivity index (χ0n) is 12.6. The normalized spacial score (nSPS) is 22.2. The van der Waals surface area contributed by atoms with Crippen molar-refractivity contribution in [1.29, 1.82) is 0 Å². The van der Waals surface area contributed by atoms with Gasteiger partial charge in [-0.1, -0.05) is 0 Å². The van der Waals surface area contributed by atoms with Crippen molar-refractivity contribution in [3.05, 3.63) is 0 Å². The molecule has 2 atom stereocenters. The largest absolute Gasteiger partial charge is 0.444 e. The van der Waals surface area contributed by atoms with Crippen molar-refractivity contribution in [2.45, 2.75) is 64.4 Å². The smallest absolute Gasteiger partial charge is 0.410 e.